The second-order valence-electron chi connectivity index (χ2n) is 5.94. The number of rotatable bonds is 5. The van der Waals surface area contributed by atoms with Gasteiger partial charge in [0.15, 0.2) is 0 Å². The Bertz CT molecular complexity index is 1080. The van der Waals surface area contributed by atoms with E-state index < -0.39 is 0 Å². The molecule has 0 bridgehead atoms. The molecule has 4 aromatic rings. The fourth-order valence-corrected chi connectivity index (χ4v) is 2.68. The summed E-state index contributed by atoms with van der Waals surface area (Å²) in [6.07, 6.45) is 3.20. The van der Waals surface area contributed by atoms with Crippen LogP contribution in [0.25, 0.3) is 11.3 Å². The summed E-state index contributed by atoms with van der Waals surface area (Å²) in [7, 11) is 0. The van der Waals surface area contributed by atoms with Crippen molar-refractivity contribution in [3.8, 4) is 23.0 Å². The third kappa shape index (κ3) is 3.73. The van der Waals surface area contributed by atoms with E-state index in [1.165, 1.54) is 0 Å². The largest absolute Gasteiger partial charge is 0.424 e. The van der Waals surface area contributed by atoms with Gasteiger partial charge < -0.3 is 14.6 Å². The Morgan fingerprint density at radius 1 is 0.964 bits per heavy atom. The Labute approximate surface area is 161 Å². The van der Waals surface area contributed by atoms with Crippen molar-refractivity contribution >= 4 is 11.6 Å². The summed E-state index contributed by atoms with van der Waals surface area (Å²) in [6.45, 7) is 1.71. The van der Waals surface area contributed by atoms with Crippen molar-refractivity contribution in [2.24, 2.45) is 0 Å². The van der Waals surface area contributed by atoms with Crippen LogP contribution in [0.3, 0.4) is 0 Å². The molecule has 0 fully saturated rings. The second-order valence-corrected chi connectivity index (χ2v) is 5.94. The molecule has 1 amide bonds. The molecule has 4 rings (SSSR count). The summed E-state index contributed by atoms with van der Waals surface area (Å²) in [5.41, 5.74) is 2.35. The first-order chi connectivity index (χ1) is 13.7. The number of amides is 1. The molecule has 0 aliphatic carbocycles. The lowest BCUT2D eigenvalue weighted by Gasteiger charge is -2.07. The van der Waals surface area contributed by atoms with Crippen LogP contribution in [0.15, 0.2) is 77.6 Å². The quantitative estimate of drug-likeness (QED) is 0.555. The predicted molar refractivity (Wildman–Crippen MR) is 103 cm³/mol. The molecule has 138 valence electrons. The van der Waals surface area contributed by atoms with Gasteiger partial charge in [-0.3, -0.25) is 4.79 Å². The third-order valence-electron chi connectivity index (χ3n) is 4.00. The van der Waals surface area contributed by atoms with Crippen molar-refractivity contribution in [1.82, 2.24) is 15.1 Å². The van der Waals surface area contributed by atoms with Crippen LogP contribution in [-0.4, -0.2) is 21.0 Å². The highest BCUT2D eigenvalue weighted by Gasteiger charge is 2.21. The van der Waals surface area contributed by atoms with E-state index in [1.54, 1.807) is 49.6 Å². The zero-order chi connectivity index (χ0) is 19.3. The summed E-state index contributed by atoms with van der Waals surface area (Å²) in [5, 5.41) is 6.90. The van der Waals surface area contributed by atoms with Crippen LogP contribution >= 0.6 is 0 Å². The molecule has 0 spiro atoms. The number of carbonyl (C=O) groups excluding carboxylic acids is 1. The Morgan fingerprint density at radius 3 is 2.39 bits per heavy atom. The van der Waals surface area contributed by atoms with E-state index in [-0.39, 0.29) is 11.9 Å². The predicted octanol–water partition coefficient (Wildman–Crippen LogP) is 4.48. The van der Waals surface area contributed by atoms with Crippen molar-refractivity contribution in [3.05, 3.63) is 84.4 Å². The number of nitrogens with zero attached hydrogens (tertiary/aromatic N) is 3. The molecule has 0 aliphatic rings. The standard InChI is InChI=1S/C21H16N4O3/c1-14-18(19(25-28-14)15-6-3-2-4-7-15)20(26)24-16-8-10-17(11-9-16)27-21-22-12-5-13-23-21/h2-13H,1H3,(H,24,26). The molecule has 0 unspecified atom stereocenters. The van der Waals surface area contributed by atoms with Crippen LogP contribution in [0.1, 0.15) is 16.1 Å². The number of benzene rings is 2. The molecular formula is C21H16N4O3. The van der Waals surface area contributed by atoms with Gasteiger partial charge in [-0.1, -0.05) is 35.5 Å². The minimum Gasteiger partial charge on any atom is -0.424 e. The van der Waals surface area contributed by atoms with Gasteiger partial charge in [0.2, 0.25) is 0 Å². The Balaban J connectivity index is 1.51. The van der Waals surface area contributed by atoms with Crippen molar-refractivity contribution < 1.29 is 14.1 Å². The Morgan fingerprint density at radius 2 is 1.68 bits per heavy atom. The molecule has 2 aromatic heterocycles. The number of carbonyl (C=O) groups is 1. The fraction of sp³-hybridized carbons (Fsp3) is 0.0476. The molecule has 2 aromatic carbocycles. The first-order valence-corrected chi connectivity index (χ1v) is 8.59. The highest BCUT2D eigenvalue weighted by molar-refractivity contribution is 6.08. The zero-order valence-corrected chi connectivity index (χ0v) is 15.0. The fourth-order valence-electron chi connectivity index (χ4n) is 2.68. The SMILES string of the molecule is Cc1onc(-c2ccccc2)c1C(=O)Nc1ccc(Oc2ncccn2)cc1. The number of hydrogen-bond donors (Lipinski definition) is 1. The van der Waals surface area contributed by atoms with Gasteiger partial charge in [0.25, 0.3) is 5.91 Å². The van der Waals surface area contributed by atoms with Gasteiger partial charge in [0, 0.05) is 23.6 Å². The topological polar surface area (TPSA) is 90.1 Å². The zero-order valence-electron chi connectivity index (χ0n) is 15.0. The van der Waals surface area contributed by atoms with E-state index in [1.807, 2.05) is 30.3 Å². The summed E-state index contributed by atoms with van der Waals surface area (Å²) < 4.78 is 10.8. The molecule has 28 heavy (non-hydrogen) atoms. The summed E-state index contributed by atoms with van der Waals surface area (Å²) in [4.78, 5) is 20.8. The smallest absolute Gasteiger partial charge is 0.321 e. The maximum atomic E-state index is 12.8. The number of nitrogens with one attached hydrogen (secondary N) is 1. The molecule has 0 atom stereocenters. The lowest BCUT2D eigenvalue weighted by molar-refractivity contribution is 0.102. The van der Waals surface area contributed by atoms with Crippen LogP contribution in [0.4, 0.5) is 5.69 Å². The number of aromatic nitrogens is 3. The van der Waals surface area contributed by atoms with Crippen LogP contribution in [0.2, 0.25) is 0 Å². The van der Waals surface area contributed by atoms with E-state index in [9.17, 15) is 4.79 Å². The molecular weight excluding hydrogens is 356 g/mol. The molecule has 0 saturated carbocycles. The van der Waals surface area contributed by atoms with E-state index in [2.05, 4.69) is 20.4 Å². The Kier molecular flexibility index (Phi) is 4.79. The van der Waals surface area contributed by atoms with E-state index in [0.717, 1.165) is 5.56 Å². The molecule has 2 heterocycles. The van der Waals surface area contributed by atoms with Crippen molar-refractivity contribution in [1.29, 1.82) is 0 Å². The van der Waals surface area contributed by atoms with Crippen LogP contribution in [-0.2, 0) is 0 Å². The van der Waals surface area contributed by atoms with E-state index in [0.29, 0.717) is 28.5 Å². The van der Waals surface area contributed by atoms with Crippen LogP contribution < -0.4 is 10.1 Å². The van der Waals surface area contributed by atoms with Crippen molar-refractivity contribution in [2.45, 2.75) is 6.92 Å². The van der Waals surface area contributed by atoms with Gasteiger partial charge in [-0.05, 0) is 37.3 Å². The average Bonchev–Trinajstić information content (AvgIpc) is 3.12. The maximum absolute atomic E-state index is 12.8. The lowest BCUT2D eigenvalue weighted by Crippen LogP contribution is -2.13. The van der Waals surface area contributed by atoms with Crippen LogP contribution in [0.5, 0.6) is 11.8 Å². The molecule has 0 radical (unpaired) electrons. The minimum absolute atomic E-state index is 0.256. The normalized spacial score (nSPS) is 10.5. The monoisotopic (exact) mass is 372 g/mol. The average molecular weight is 372 g/mol. The number of hydrogen-bond acceptors (Lipinski definition) is 6. The first-order valence-electron chi connectivity index (χ1n) is 8.59. The van der Waals surface area contributed by atoms with Crippen molar-refractivity contribution in [2.75, 3.05) is 5.32 Å². The van der Waals surface area contributed by atoms with Crippen molar-refractivity contribution in [3.63, 3.8) is 0 Å². The lowest BCUT2D eigenvalue weighted by atomic mass is 10.1. The van der Waals surface area contributed by atoms with Gasteiger partial charge in [0.1, 0.15) is 22.8 Å². The highest BCUT2D eigenvalue weighted by atomic mass is 16.5. The second kappa shape index (κ2) is 7.71. The van der Waals surface area contributed by atoms with Gasteiger partial charge in [-0.2, -0.15) is 0 Å². The van der Waals surface area contributed by atoms with Gasteiger partial charge in [0.05, 0.1) is 0 Å². The van der Waals surface area contributed by atoms with Gasteiger partial charge in [-0.15, -0.1) is 0 Å². The number of ether oxygens (including phenoxy) is 1. The van der Waals surface area contributed by atoms with Gasteiger partial charge >= 0.3 is 6.01 Å². The van der Waals surface area contributed by atoms with Crippen LogP contribution in [0, 0.1) is 6.92 Å². The molecule has 1 N–H and O–H groups in total. The summed E-state index contributed by atoms with van der Waals surface area (Å²) in [5.74, 6) is 0.727. The molecule has 7 nitrogen and oxygen atoms in total. The van der Waals surface area contributed by atoms with Gasteiger partial charge in [-0.25, -0.2) is 9.97 Å². The first kappa shape index (κ1) is 17.4. The summed E-state index contributed by atoms with van der Waals surface area (Å²) >= 11 is 0. The molecule has 0 saturated heterocycles. The minimum atomic E-state index is -0.294. The molecule has 7 heteroatoms. The highest BCUT2D eigenvalue weighted by Crippen LogP contribution is 2.26. The summed E-state index contributed by atoms with van der Waals surface area (Å²) in [6, 6.07) is 18.3. The molecule has 0 aliphatic heterocycles. The van der Waals surface area contributed by atoms with E-state index >= 15 is 0 Å². The maximum Gasteiger partial charge on any atom is 0.321 e. The van der Waals surface area contributed by atoms with E-state index in [4.69, 9.17) is 9.26 Å². The number of anilines is 1. The number of aryl methyl sites for hydroxylation is 1. The third-order valence-corrected chi connectivity index (χ3v) is 4.00. The Hall–Kier alpha value is -4.00.